The zero-order chi connectivity index (χ0) is 17.3. The lowest BCUT2D eigenvalue weighted by atomic mass is 9.70. The maximum Gasteiger partial charge on any atom is 0.123 e. The van der Waals surface area contributed by atoms with Crippen molar-refractivity contribution in [1.82, 2.24) is 0 Å². The molecule has 1 heterocycles. The summed E-state index contributed by atoms with van der Waals surface area (Å²) in [5, 5.41) is 1.42. The summed E-state index contributed by atoms with van der Waals surface area (Å²) in [4.78, 5) is 0. The normalized spacial score (nSPS) is 23.5. The zero-order valence-electron chi connectivity index (χ0n) is 15.4. The molecule has 126 valence electrons. The summed E-state index contributed by atoms with van der Waals surface area (Å²) in [5.74, 6) is -0.0529. The van der Waals surface area contributed by atoms with Crippen molar-refractivity contribution in [3.8, 4) is 11.1 Å². The minimum absolute atomic E-state index is 0.0529. The highest BCUT2D eigenvalue weighted by atomic mass is 28.3. The van der Waals surface area contributed by atoms with Crippen LogP contribution in [0, 0.1) is 5.82 Å². The van der Waals surface area contributed by atoms with Gasteiger partial charge in [0.1, 0.15) is 5.82 Å². The van der Waals surface area contributed by atoms with Crippen LogP contribution in [0.15, 0.2) is 36.4 Å². The van der Waals surface area contributed by atoms with Crippen LogP contribution in [0.25, 0.3) is 11.1 Å². The molecule has 0 N–H and O–H groups in total. The molecule has 0 radical (unpaired) electrons. The van der Waals surface area contributed by atoms with Gasteiger partial charge in [-0.15, -0.1) is 0 Å². The van der Waals surface area contributed by atoms with E-state index in [0.717, 1.165) is 6.42 Å². The molecule has 0 aromatic heterocycles. The molecule has 24 heavy (non-hydrogen) atoms. The van der Waals surface area contributed by atoms with Crippen LogP contribution in [0.5, 0.6) is 0 Å². The number of rotatable bonds is 2. The minimum atomic E-state index is -1.77. The van der Waals surface area contributed by atoms with Crippen molar-refractivity contribution >= 4 is 13.3 Å². The lowest BCUT2D eigenvalue weighted by Gasteiger charge is -2.39. The van der Waals surface area contributed by atoms with Crippen LogP contribution in [0.1, 0.15) is 45.7 Å². The second-order valence-corrected chi connectivity index (χ2v) is 14.1. The number of hydrogen-bond donors (Lipinski definition) is 0. The summed E-state index contributed by atoms with van der Waals surface area (Å²) in [7, 11) is -1.77. The molecular weight excluding hydrogens is 311 g/mol. The van der Waals surface area contributed by atoms with Crippen LogP contribution >= 0.6 is 0 Å². The highest BCUT2D eigenvalue weighted by Gasteiger charge is 2.56. The molecule has 2 aliphatic rings. The molecule has 4 rings (SSSR count). The molecule has 0 fully saturated rings. The first kappa shape index (κ1) is 16.1. The van der Waals surface area contributed by atoms with Gasteiger partial charge < -0.3 is 0 Å². The van der Waals surface area contributed by atoms with E-state index >= 15 is 0 Å². The maximum atomic E-state index is 14.7. The molecule has 2 heteroatoms. The lowest BCUT2D eigenvalue weighted by molar-refractivity contribution is 0.519. The van der Waals surface area contributed by atoms with Crippen molar-refractivity contribution in [1.29, 1.82) is 0 Å². The average molecular weight is 339 g/mol. The Morgan fingerprint density at radius 1 is 1.00 bits per heavy atom. The molecule has 1 aliphatic carbocycles. The summed E-state index contributed by atoms with van der Waals surface area (Å²) in [6, 6.07) is 13.6. The predicted molar refractivity (Wildman–Crippen MR) is 103 cm³/mol. The van der Waals surface area contributed by atoms with Gasteiger partial charge in [0.15, 0.2) is 0 Å². The van der Waals surface area contributed by atoms with E-state index in [1.165, 1.54) is 33.5 Å². The van der Waals surface area contributed by atoms with Crippen molar-refractivity contribution in [3.05, 3.63) is 53.3 Å². The van der Waals surface area contributed by atoms with Crippen LogP contribution in [0.3, 0.4) is 0 Å². The van der Waals surface area contributed by atoms with Gasteiger partial charge in [-0.25, -0.2) is 4.39 Å². The van der Waals surface area contributed by atoms with Gasteiger partial charge >= 0.3 is 0 Å². The fraction of sp³-hybridized carbons (Fsp3) is 0.455. The van der Waals surface area contributed by atoms with E-state index in [-0.39, 0.29) is 11.2 Å². The molecule has 1 atom stereocenters. The third-order valence-electron chi connectivity index (χ3n) is 6.84. The van der Waals surface area contributed by atoms with E-state index in [0.29, 0.717) is 11.1 Å². The second-order valence-electron chi connectivity index (χ2n) is 8.80. The van der Waals surface area contributed by atoms with E-state index in [1.807, 2.05) is 6.07 Å². The summed E-state index contributed by atoms with van der Waals surface area (Å²) >= 11 is 0. The van der Waals surface area contributed by atoms with E-state index in [2.05, 4.69) is 58.9 Å². The number of fused-ring (bicyclic) bond motifs is 2. The van der Waals surface area contributed by atoms with E-state index in [9.17, 15) is 4.39 Å². The topological polar surface area (TPSA) is 0 Å². The van der Waals surface area contributed by atoms with Crippen molar-refractivity contribution in [3.63, 3.8) is 0 Å². The third kappa shape index (κ3) is 1.89. The zero-order valence-corrected chi connectivity index (χ0v) is 16.4. The predicted octanol–water partition coefficient (Wildman–Crippen LogP) is 5.80. The highest BCUT2D eigenvalue weighted by Crippen LogP contribution is 2.55. The van der Waals surface area contributed by atoms with E-state index < -0.39 is 8.07 Å². The largest absolute Gasteiger partial charge is 0.207 e. The summed E-state index contributed by atoms with van der Waals surface area (Å²) in [6.07, 6.45) is 1.10. The van der Waals surface area contributed by atoms with Gasteiger partial charge in [-0.3, -0.25) is 0 Å². The summed E-state index contributed by atoms with van der Waals surface area (Å²) in [5.41, 5.74) is 6.74. The van der Waals surface area contributed by atoms with Gasteiger partial charge in [-0.05, 0) is 63.3 Å². The standard InChI is InChI=1S/C22H27FSi/c1-14(2)24(15(3)4)13-22(5)12-16-8-6-7-9-18(16)19-10-17(23)11-20(24)21(19)22/h6-11,14-15H,12-13H2,1-5H3. The number of hydrogen-bond acceptors (Lipinski definition) is 0. The smallest absolute Gasteiger partial charge is 0.123 e. The van der Waals surface area contributed by atoms with Gasteiger partial charge in [0.25, 0.3) is 0 Å². The van der Waals surface area contributed by atoms with Gasteiger partial charge in [-0.1, -0.05) is 64.1 Å². The molecule has 0 bridgehead atoms. The van der Waals surface area contributed by atoms with Crippen LogP contribution in [-0.2, 0) is 11.8 Å². The van der Waals surface area contributed by atoms with Crippen LogP contribution in [0.4, 0.5) is 4.39 Å². The second kappa shape index (κ2) is 5.04. The third-order valence-corrected chi connectivity index (χ3v) is 13.7. The monoisotopic (exact) mass is 338 g/mol. The Hall–Kier alpha value is -1.41. The molecule has 1 aliphatic heterocycles. The average Bonchev–Trinajstić information content (AvgIpc) is 2.78. The Labute approximate surface area is 146 Å². The molecule has 1 unspecified atom stereocenters. The molecule has 2 aromatic rings. The SMILES string of the molecule is CC(C)[Si]1(C(C)C)CC2(C)Cc3ccccc3-c3cc(F)cc1c32. The van der Waals surface area contributed by atoms with Crippen molar-refractivity contribution in [2.75, 3.05) is 0 Å². The van der Waals surface area contributed by atoms with Crippen LogP contribution in [0.2, 0.25) is 17.1 Å². The quantitative estimate of drug-likeness (QED) is 0.607. The van der Waals surface area contributed by atoms with Crippen molar-refractivity contribution < 1.29 is 4.39 Å². The molecule has 2 aromatic carbocycles. The molecular formula is C22H27FSi. The maximum absolute atomic E-state index is 14.7. The van der Waals surface area contributed by atoms with Gasteiger partial charge in [-0.2, -0.15) is 0 Å². The molecule has 0 amide bonds. The van der Waals surface area contributed by atoms with E-state index in [4.69, 9.17) is 0 Å². The van der Waals surface area contributed by atoms with Gasteiger partial charge in [0, 0.05) is 0 Å². The summed E-state index contributed by atoms with van der Waals surface area (Å²) in [6.45, 7) is 11.9. The fourth-order valence-electron chi connectivity index (χ4n) is 5.87. The lowest BCUT2D eigenvalue weighted by Crippen LogP contribution is -2.51. The Balaban J connectivity index is 2.09. The highest BCUT2D eigenvalue weighted by molar-refractivity contribution is 6.95. The number of halogens is 1. The van der Waals surface area contributed by atoms with Gasteiger partial charge in [0.05, 0.1) is 8.07 Å². The fourth-order valence-corrected chi connectivity index (χ4v) is 12.4. The molecule has 0 saturated heterocycles. The van der Waals surface area contributed by atoms with E-state index in [1.54, 1.807) is 6.07 Å². The molecule has 0 spiro atoms. The first-order chi connectivity index (χ1) is 11.3. The summed E-state index contributed by atoms with van der Waals surface area (Å²) < 4.78 is 14.7. The van der Waals surface area contributed by atoms with Crippen molar-refractivity contribution in [2.45, 2.75) is 63.6 Å². The Morgan fingerprint density at radius 2 is 1.67 bits per heavy atom. The first-order valence-corrected chi connectivity index (χ1v) is 11.6. The Kier molecular flexibility index (Phi) is 3.38. The van der Waals surface area contributed by atoms with Crippen LogP contribution < -0.4 is 5.19 Å². The molecule has 0 saturated carbocycles. The first-order valence-electron chi connectivity index (χ1n) is 9.22. The van der Waals surface area contributed by atoms with Gasteiger partial charge in [0.2, 0.25) is 0 Å². The van der Waals surface area contributed by atoms with Crippen LogP contribution in [-0.4, -0.2) is 8.07 Å². The van der Waals surface area contributed by atoms with Crippen molar-refractivity contribution in [2.24, 2.45) is 0 Å². The number of benzene rings is 2. The Morgan fingerprint density at radius 3 is 2.33 bits per heavy atom. The Bertz CT molecular complexity index is 813. The molecule has 0 nitrogen and oxygen atoms in total. The minimum Gasteiger partial charge on any atom is -0.207 e.